The molecule has 1 aliphatic heterocycles. The lowest BCUT2D eigenvalue weighted by molar-refractivity contribution is 1.18. The predicted octanol–water partition coefficient (Wildman–Crippen LogP) is 10.6. The van der Waals surface area contributed by atoms with Crippen molar-refractivity contribution in [2.45, 2.75) is 0 Å². The summed E-state index contributed by atoms with van der Waals surface area (Å²) < 4.78 is 0. The Morgan fingerprint density at radius 2 is 0.938 bits per heavy atom. The van der Waals surface area contributed by atoms with E-state index in [0.29, 0.717) is 5.82 Å². The molecule has 0 saturated carbocycles. The Bertz CT molecular complexity index is 2310. The van der Waals surface area contributed by atoms with Crippen molar-refractivity contribution in [3.05, 3.63) is 181 Å². The molecule has 0 saturated heterocycles. The molecule has 0 spiro atoms. The summed E-state index contributed by atoms with van der Waals surface area (Å²) in [6.07, 6.45) is 5.32. The van der Waals surface area contributed by atoms with E-state index in [1.54, 1.807) is 12.3 Å². The second-order valence-electron chi connectivity index (χ2n) is 11.4. The highest BCUT2D eigenvalue weighted by Crippen LogP contribution is 2.35. The normalized spacial score (nSPS) is 11.8. The molecule has 224 valence electrons. The molecule has 0 aliphatic carbocycles. The minimum atomic E-state index is 0.686. The molecule has 4 heteroatoms. The topological polar surface area (TPSA) is 51.0 Å². The average Bonchev–Trinajstić information content (AvgIpc) is 3.19. The molecule has 5 aromatic carbocycles. The molecule has 0 N–H and O–H groups in total. The average molecular weight is 613 g/mol. The van der Waals surface area contributed by atoms with Gasteiger partial charge in [0.15, 0.2) is 5.82 Å². The molecular formula is C44H28N4. The van der Waals surface area contributed by atoms with Gasteiger partial charge in [0.1, 0.15) is 5.70 Å². The van der Waals surface area contributed by atoms with Gasteiger partial charge in [0.05, 0.1) is 17.1 Å². The van der Waals surface area contributed by atoms with Crippen LogP contribution in [0.25, 0.3) is 73.1 Å². The summed E-state index contributed by atoms with van der Waals surface area (Å²) in [6.45, 7) is 0. The highest BCUT2D eigenvalue weighted by molar-refractivity contribution is 5.85. The van der Waals surface area contributed by atoms with Crippen LogP contribution >= 0.6 is 0 Å². The standard InChI is InChI=1S/C44H28N4/c1-3-11-33(12-4-1)42-30-43(48-44(47-42)36-13-5-2-6-14-36)39-28-37(31-17-21-34(22-18-31)40-15-7-9-25-45-40)27-38(29-39)32-19-23-35(24-20-32)41-16-8-10-26-46-41/h1-7,9-15,17-30H. The maximum Gasteiger partial charge on any atom is 0.160 e. The first-order chi connectivity index (χ1) is 23.8. The first-order valence-corrected chi connectivity index (χ1v) is 15.8. The van der Waals surface area contributed by atoms with Gasteiger partial charge in [0, 0.05) is 46.3 Å². The Kier molecular flexibility index (Phi) is 7.76. The largest absolute Gasteiger partial charge is 0.256 e. The van der Waals surface area contributed by atoms with Gasteiger partial charge in [-0.3, -0.25) is 4.98 Å². The van der Waals surface area contributed by atoms with Crippen LogP contribution in [0.4, 0.5) is 0 Å². The van der Waals surface area contributed by atoms with Crippen LogP contribution in [-0.2, 0) is 0 Å². The molecule has 0 fully saturated rings. The quantitative estimate of drug-likeness (QED) is 0.168. The highest BCUT2D eigenvalue weighted by atomic mass is 14.9. The van der Waals surface area contributed by atoms with Crippen LogP contribution in [0.2, 0.25) is 0 Å². The molecule has 48 heavy (non-hydrogen) atoms. The highest BCUT2D eigenvalue weighted by Gasteiger charge is 2.14. The molecule has 0 bridgehead atoms. The van der Waals surface area contributed by atoms with Gasteiger partial charge in [-0.1, -0.05) is 121 Å². The van der Waals surface area contributed by atoms with E-state index < -0.39 is 0 Å². The van der Waals surface area contributed by atoms with Gasteiger partial charge in [-0.2, -0.15) is 0 Å². The van der Waals surface area contributed by atoms with E-state index in [0.717, 1.165) is 72.8 Å². The third-order valence-corrected chi connectivity index (χ3v) is 8.28. The van der Waals surface area contributed by atoms with Crippen molar-refractivity contribution in [2.75, 3.05) is 0 Å². The van der Waals surface area contributed by atoms with Crippen LogP contribution in [0.15, 0.2) is 180 Å². The van der Waals surface area contributed by atoms with Crippen molar-refractivity contribution < 1.29 is 0 Å². The molecule has 2 aromatic heterocycles. The molecule has 0 atom stereocenters. The van der Waals surface area contributed by atoms with Crippen LogP contribution in [-0.4, -0.2) is 21.2 Å². The molecule has 0 radical (unpaired) electrons. The SMILES string of the molecule is C1=C=C(c2ccc(-c3cc(-c4ccc(-c5ccccn5)cc4)cc(-c4cc(-c5ccccc5)nc(-c5ccccc5)n4)c3)cc2)N=CC=1. The lowest BCUT2D eigenvalue weighted by atomic mass is 9.93. The van der Waals surface area contributed by atoms with E-state index >= 15 is 0 Å². The van der Waals surface area contributed by atoms with Crippen molar-refractivity contribution in [3.8, 4) is 67.4 Å². The monoisotopic (exact) mass is 612 g/mol. The van der Waals surface area contributed by atoms with E-state index in [1.165, 1.54) is 0 Å². The van der Waals surface area contributed by atoms with E-state index in [-0.39, 0.29) is 0 Å². The van der Waals surface area contributed by atoms with Crippen molar-refractivity contribution in [1.29, 1.82) is 0 Å². The Morgan fingerprint density at radius 3 is 1.54 bits per heavy atom. The first-order valence-electron chi connectivity index (χ1n) is 15.8. The molecular weight excluding hydrogens is 585 g/mol. The van der Waals surface area contributed by atoms with Crippen molar-refractivity contribution >= 4 is 11.9 Å². The van der Waals surface area contributed by atoms with Crippen LogP contribution < -0.4 is 0 Å². The third kappa shape index (κ3) is 6.09. The van der Waals surface area contributed by atoms with Gasteiger partial charge in [0.25, 0.3) is 0 Å². The Balaban J connectivity index is 1.28. The summed E-state index contributed by atoms with van der Waals surface area (Å²) in [7, 11) is 0. The number of nitrogens with zero attached hydrogens (tertiary/aromatic N) is 4. The van der Waals surface area contributed by atoms with Gasteiger partial charge >= 0.3 is 0 Å². The van der Waals surface area contributed by atoms with Gasteiger partial charge in [-0.15, -0.1) is 0 Å². The molecule has 0 amide bonds. The fourth-order valence-electron chi connectivity index (χ4n) is 5.80. The van der Waals surface area contributed by atoms with Crippen molar-refractivity contribution in [2.24, 2.45) is 4.99 Å². The number of benzene rings is 5. The predicted molar refractivity (Wildman–Crippen MR) is 196 cm³/mol. The van der Waals surface area contributed by atoms with Crippen molar-refractivity contribution in [3.63, 3.8) is 0 Å². The van der Waals surface area contributed by atoms with Gasteiger partial charge < -0.3 is 0 Å². The van der Waals surface area contributed by atoms with E-state index in [4.69, 9.17) is 9.97 Å². The molecule has 7 aromatic rings. The lowest BCUT2D eigenvalue weighted by Crippen LogP contribution is -1.96. The van der Waals surface area contributed by atoms with Crippen LogP contribution in [0, 0.1) is 0 Å². The van der Waals surface area contributed by atoms with E-state index in [1.807, 2.05) is 60.8 Å². The summed E-state index contributed by atoms with van der Waals surface area (Å²) in [6, 6.07) is 52.2. The lowest BCUT2D eigenvalue weighted by Gasteiger charge is -2.14. The minimum Gasteiger partial charge on any atom is -0.256 e. The van der Waals surface area contributed by atoms with E-state index in [2.05, 4.69) is 119 Å². The Labute approximate surface area is 279 Å². The zero-order valence-corrected chi connectivity index (χ0v) is 26.0. The number of aromatic nitrogens is 3. The second-order valence-corrected chi connectivity index (χ2v) is 11.4. The maximum atomic E-state index is 5.14. The summed E-state index contributed by atoms with van der Waals surface area (Å²) in [4.78, 5) is 19.1. The number of aliphatic imine (C=N–C) groups is 1. The fraction of sp³-hybridized carbons (Fsp3) is 0. The summed E-state index contributed by atoms with van der Waals surface area (Å²) >= 11 is 0. The fourth-order valence-corrected chi connectivity index (χ4v) is 5.80. The molecule has 8 rings (SSSR count). The van der Waals surface area contributed by atoms with Gasteiger partial charge in [-0.25, -0.2) is 15.0 Å². The molecule has 1 aliphatic rings. The van der Waals surface area contributed by atoms with Gasteiger partial charge in [0.2, 0.25) is 0 Å². The number of allylic oxidation sites excluding steroid dienone is 1. The third-order valence-electron chi connectivity index (χ3n) is 8.28. The second kappa shape index (κ2) is 13.0. The van der Waals surface area contributed by atoms with Crippen LogP contribution in [0.5, 0.6) is 0 Å². The zero-order chi connectivity index (χ0) is 32.1. The minimum absolute atomic E-state index is 0.686. The molecule has 3 heterocycles. The number of rotatable bonds is 7. The summed E-state index contributed by atoms with van der Waals surface area (Å²) in [5, 5.41) is 0. The molecule has 0 unspecified atom stereocenters. The maximum absolute atomic E-state index is 5.14. The number of pyridine rings is 1. The Hall–Kier alpha value is -6.70. The number of hydrogen-bond donors (Lipinski definition) is 0. The Morgan fingerprint density at radius 1 is 0.396 bits per heavy atom. The first kappa shape index (κ1) is 28.8. The smallest absolute Gasteiger partial charge is 0.160 e. The van der Waals surface area contributed by atoms with Crippen LogP contribution in [0.1, 0.15) is 5.56 Å². The summed E-state index contributed by atoms with van der Waals surface area (Å²) in [5.41, 5.74) is 19.0. The summed E-state index contributed by atoms with van der Waals surface area (Å²) in [5.74, 6) is 0.686. The van der Waals surface area contributed by atoms with Crippen molar-refractivity contribution in [1.82, 2.24) is 15.0 Å². The number of hydrogen-bond acceptors (Lipinski definition) is 4. The molecule has 4 nitrogen and oxygen atoms in total. The van der Waals surface area contributed by atoms with E-state index in [9.17, 15) is 0 Å². The van der Waals surface area contributed by atoms with Gasteiger partial charge in [-0.05, 0) is 64.4 Å². The zero-order valence-electron chi connectivity index (χ0n) is 26.0. The van der Waals surface area contributed by atoms with Crippen LogP contribution in [0.3, 0.4) is 0 Å².